The highest BCUT2D eigenvalue weighted by Crippen LogP contribution is 2.29. The third kappa shape index (κ3) is 3.19. The van der Waals surface area contributed by atoms with Crippen LogP contribution in [-0.4, -0.2) is 12.2 Å². The number of nitrogens with one attached hydrogen (secondary N) is 1. The molecular weight excluding hydrogens is 238 g/mol. The van der Waals surface area contributed by atoms with Crippen LogP contribution in [0.1, 0.15) is 24.1 Å². The Kier molecular flexibility index (Phi) is 3.95. The first kappa shape index (κ1) is 13.3. The third-order valence-corrected chi connectivity index (χ3v) is 3.10. The molecular formula is C16H19NO2. The zero-order valence-electron chi connectivity index (χ0n) is 11.5. The number of phenols is 1. The number of ether oxygens (including phenoxy) is 1. The van der Waals surface area contributed by atoms with E-state index in [-0.39, 0.29) is 11.8 Å². The minimum atomic E-state index is 0.0868. The minimum absolute atomic E-state index is 0.0868. The molecule has 2 aromatic rings. The maximum atomic E-state index is 9.51. The van der Waals surface area contributed by atoms with Crippen LogP contribution in [0.2, 0.25) is 0 Å². The Balaban J connectivity index is 2.21. The molecule has 3 nitrogen and oxygen atoms in total. The molecule has 0 saturated carbocycles. The monoisotopic (exact) mass is 257 g/mol. The first-order valence-electron chi connectivity index (χ1n) is 6.30. The van der Waals surface area contributed by atoms with Crippen molar-refractivity contribution >= 4 is 5.69 Å². The van der Waals surface area contributed by atoms with Gasteiger partial charge in [0.25, 0.3) is 0 Å². The fraction of sp³-hybridized carbons (Fsp3) is 0.250. The zero-order chi connectivity index (χ0) is 13.8. The van der Waals surface area contributed by atoms with Crippen LogP contribution in [0.3, 0.4) is 0 Å². The normalized spacial score (nSPS) is 11.9. The van der Waals surface area contributed by atoms with Gasteiger partial charge in [0, 0.05) is 6.04 Å². The maximum Gasteiger partial charge on any atom is 0.142 e. The molecule has 3 heteroatoms. The third-order valence-electron chi connectivity index (χ3n) is 3.10. The molecule has 0 amide bonds. The van der Waals surface area contributed by atoms with Crippen LogP contribution in [0.4, 0.5) is 5.69 Å². The van der Waals surface area contributed by atoms with Crippen LogP contribution < -0.4 is 10.1 Å². The topological polar surface area (TPSA) is 41.5 Å². The van der Waals surface area contributed by atoms with Crippen molar-refractivity contribution in [3.05, 3.63) is 53.6 Å². The van der Waals surface area contributed by atoms with Crippen molar-refractivity contribution in [1.29, 1.82) is 0 Å². The van der Waals surface area contributed by atoms with Crippen molar-refractivity contribution in [2.24, 2.45) is 0 Å². The summed E-state index contributed by atoms with van der Waals surface area (Å²) in [4.78, 5) is 0. The summed E-state index contributed by atoms with van der Waals surface area (Å²) in [6.07, 6.45) is 0. The Bertz CT molecular complexity index is 566. The van der Waals surface area contributed by atoms with E-state index in [9.17, 15) is 5.11 Å². The van der Waals surface area contributed by atoms with E-state index in [0.717, 1.165) is 22.6 Å². The van der Waals surface area contributed by atoms with Gasteiger partial charge >= 0.3 is 0 Å². The fourth-order valence-corrected chi connectivity index (χ4v) is 2.03. The van der Waals surface area contributed by atoms with Crippen LogP contribution in [-0.2, 0) is 0 Å². The van der Waals surface area contributed by atoms with Crippen molar-refractivity contribution < 1.29 is 9.84 Å². The minimum Gasteiger partial charge on any atom is -0.508 e. The summed E-state index contributed by atoms with van der Waals surface area (Å²) in [6, 6.07) is 13.4. The molecule has 0 aromatic heterocycles. The SMILES string of the molecule is COc1cc(C)ccc1NC(C)c1cccc(O)c1. The van der Waals surface area contributed by atoms with E-state index in [1.54, 1.807) is 19.2 Å². The van der Waals surface area contributed by atoms with Crippen LogP contribution >= 0.6 is 0 Å². The van der Waals surface area contributed by atoms with Crippen LogP contribution in [0.25, 0.3) is 0 Å². The van der Waals surface area contributed by atoms with Gasteiger partial charge in [-0.3, -0.25) is 0 Å². The Hall–Kier alpha value is -2.16. The van der Waals surface area contributed by atoms with Crippen molar-refractivity contribution in [2.75, 3.05) is 12.4 Å². The van der Waals surface area contributed by atoms with Crippen molar-refractivity contribution in [1.82, 2.24) is 0 Å². The number of hydrogen-bond donors (Lipinski definition) is 2. The highest BCUT2D eigenvalue weighted by molar-refractivity contribution is 5.58. The first-order valence-corrected chi connectivity index (χ1v) is 6.30. The van der Waals surface area contributed by atoms with E-state index in [2.05, 4.69) is 5.32 Å². The summed E-state index contributed by atoms with van der Waals surface area (Å²) >= 11 is 0. The Morgan fingerprint density at radius 3 is 2.63 bits per heavy atom. The van der Waals surface area contributed by atoms with Crippen LogP contribution in [0.15, 0.2) is 42.5 Å². The molecule has 0 spiro atoms. The smallest absolute Gasteiger partial charge is 0.142 e. The molecule has 0 fully saturated rings. The molecule has 0 aliphatic heterocycles. The average molecular weight is 257 g/mol. The molecule has 2 rings (SSSR count). The largest absolute Gasteiger partial charge is 0.508 e. The van der Waals surface area contributed by atoms with E-state index in [4.69, 9.17) is 4.74 Å². The van der Waals surface area contributed by atoms with Gasteiger partial charge < -0.3 is 15.2 Å². The number of hydrogen-bond acceptors (Lipinski definition) is 3. The first-order chi connectivity index (χ1) is 9.10. The molecule has 100 valence electrons. The number of benzene rings is 2. The number of aryl methyl sites for hydroxylation is 1. The Labute approximate surface area is 113 Å². The summed E-state index contributed by atoms with van der Waals surface area (Å²) in [5.74, 6) is 1.11. The molecule has 0 bridgehead atoms. The summed E-state index contributed by atoms with van der Waals surface area (Å²) in [5, 5.41) is 12.9. The fourth-order valence-electron chi connectivity index (χ4n) is 2.03. The molecule has 1 atom stereocenters. The van der Waals surface area contributed by atoms with Gasteiger partial charge in [-0.05, 0) is 49.2 Å². The van der Waals surface area contributed by atoms with Gasteiger partial charge in [-0.2, -0.15) is 0 Å². The standard InChI is InChI=1S/C16H19NO2/c1-11-7-8-15(16(9-11)19-3)17-12(2)13-5-4-6-14(18)10-13/h4-10,12,17-18H,1-3H3. The van der Waals surface area contributed by atoms with E-state index in [1.165, 1.54) is 0 Å². The molecule has 0 radical (unpaired) electrons. The second-order valence-electron chi connectivity index (χ2n) is 4.66. The molecule has 0 saturated heterocycles. The molecule has 19 heavy (non-hydrogen) atoms. The van der Waals surface area contributed by atoms with E-state index in [0.29, 0.717) is 0 Å². The van der Waals surface area contributed by atoms with Gasteiger partial charge in [0.1, 0.15) is 11.5 Å². The van der Waals surface area contributed by atoms with Gasteiger partial charge in [0.2, 0.25) is 0 Å². The Morgan fingerprint density at radius 2 is 1.95 bits per heavy atom. The summed E-state index contributed by atoms with van der Waals surface area (Å²) in [5.41, 5.74) is 3.14. The summed E-state index contributed by atoms with van der Waals surface area (Å²) in [6.45, 7) is 4.08. The zero-order valence-corrected chi connectivity index (χ0v) is 11.5. The summed E-state index contributed by atoms with van der Waals surface area (Å²) in [7, 11) is 1.67. The second kappa shape index (κ2) is 5.65. The number of methoxy groups -OCH3 is 1. The van der Waals surface area contributed by atoms with Gasteiger partial charge in [0.05, 0.1) is 12.8 Å². The quantitative estimate of drug-likeness (QED) is 0.873. The van der Waals surface area contributed by atoms with Crippen molar-refractivity contribution in [3.8, 4) is 11.5 Å². The van der Waals surface area contributed by atoms with Crippen LogP contribution in [0, 0.1) is 6.92 Å². The predicted octanol–water partition coefficient (Wildman–Crippen LogP) is 3.88. The van der Waals surface area contributed by atoms with E-state index < -0.39 is 0 Å². The number of rotatable bonds is 4. The lowest BCUT2D eigenvalue weighted by molar-refractivity contribution is 0.416. The maximum absolute atomic E-state index is 9.51. The highest BCUT2D eigenvalue weighted by atomic mass is 16.5. The van der Waals surface area contributed by atoms with Gasteiger partial charge in [-0.25, -0.2) is 0 Å². The highest BCUT2D eigenvalue weighted by Gasteiger charge is 2.09. The molecule has 2 aromatic carbocycles. The lowest BCUT2D eigenvalue weighted by atomic mass is 10.1. The molecule has 2 N–H and O–H groups in total. The van der Waals surface area contributed by atoms with E-state index in [1.807, 2.05) is 44.2 Å². The lowest BCUT2D eigenvalue weighted by Gasteiger charge is -2.18. The van der Waals surface area contributed by atoms with Gasteiger partial charge in [-0.15, -0.1) is 0 Å². The molecule has 1 unspecified atom stereocenters. The molecule has 0 aliphatic carbocycles. The van der Waals surface area contributed by atoms with Crippen molar-refractivity contribution in [2.45, 2.75) is 19.9 Å². The number of anilines is 1. The number of phenolic OH excluding ortho intramolecular Hbond substituents is 1. The molecule has 0 heterocycles. The van der Waals surface area contributed by atoms with E-state index >= 15 is 0 Å². The van der Waals surface area contributed by atoms with Crippen LogP contribution in [0.5, 0.6) is 11.5 Å². The lowest BCUT2D eigenvalue weighted by Crippen LogP contribution is -2.07. The predicted molar refractivity (Wildman–Crippen MR) is 77.9 cm³/mol. The second-order valence-corrected chi connectivity index (χ2v) is 4.66. The summed E-state index contributed by atoms with van der Waals surface area (Å²) < 4.78 is 5.37. The number of aromatic hydroxyl groups is 1. The average Bonchev–Trinajstić information content (AvgIpc) is 2.40. The van der Waals surface area contributed by atoms with Gasteiger partial charge in [0.15, 0.2) is 0 Å². The van der Waals surface area contributed by atoms with Crippen molar-refractivity contribution in [3.63, 3.8) is 0 Å². The Morgan fingerprint density at radius 1 is 1.16 bits per heavy atom. The molecule has 0 aliphatic rings. The van der Waals surface area contributed by atoms with Gasteiger partial charge in [-0.1, -0.05) is 18.2 Å².